The van der Waals surface area contributed by atoms with Gasteiger partial charge in [-0.25, -0.2) is 9.07 Å². The number of nitrogens with zero attached hydrogens (tertiary/aromatic N) is 4. The van der Waals surface area contributed by atoms with Crippen molar-refractivity contribution >= 4 is 0 Å². The third kappa shape index (κ3) is 3.30. The number of tetrazole rings is 1. The van der Waals surface area contributed by atoms with Crippen LogP contribution in [0, 0.1) is 5.82 Å². The van der Waals surface area contributed by atoms with Crippen LogP contribution in [0.5, 0.6) is 0 Å². The summed E-state index contributed by atoms with van der Waals surface area (Å²) in [6.07, 6.45) is 4.67. The molecule has 134 valence electrons. The van der Waals surface area contributed by atoms with Crippen LogP contribution in [0.4, 0.5) is 4.39 Å². The lowest BCUT2D eigenvalue weighted by atomic mass is 10.0. The standard InChI is InChI=1S/C18H25FN6/c1-23-10-12-24(13-11-23)17(15-8-4-5-9-16(15)19)18-20-21-22-25(18)14-6-2-3-7-14/h4-5,8-9,14,17H,2-3,6-7,10-13H2,1H3/p+2/t17-/m1/s1. The topological polar surface area (TPSA) is 52.5 Å². The highest BCUT2D eigenvalue weighted by Gasteiger charge is 2.37. The van der Waals surface area contributed by atoms with Crippen LogP contribution in [0.1, 0.15) is 49.2 Å². The Balaban J connectivity index is 1.73. The summed E-state index contributed by atoms with van der Waals surface area (Å²) in [6, 6.07) is 7.33. The average Bonchev–Trinajstić information content (AvgIpc) is 3.30. The molecule has 0 amide bonds. The van der Waals surface area contributed by atoms with Crippen molar-refractivity contribution in [3.05, 3.63) is 41.5 Å². The first-order valence-corrected chi connectivity index (χ1v) is 9.42. The smallest absolute Gasteiger partial charge is 0.214 e. The van der Waals surface area contributed by atoms with Gasteiger partial charge in [0.25, 0.3) is 0 Å². The molecule has 2 N–H and O–H groups in total. The molecule has 1 aromatic carbocycles. The first kappa shape index (κ1) is 16.6. The molecule has 0 radical (unpaired) electrons. The van der Waals surface area contributed by atoms with E-state index in [0.29, 0.717) is 11.6 Å². The number of benzene rings is 1. The van der Waals surface area contributed by atoms with Crippen LogP contribution in [0.25, 0.3) is 0 Å². The maximum atomic E-state index is 14.7. The number of aromatic nitrogens is 4. The fourth-order valence-electron chi connectivity index (χ4n) is 4.34. The number of piperazine rings is 1. The number of likely N-dealkylation sites (N-methyl/N-ethyl adjacent to an activating group) is 1. The summed E-state index contributed by atoms with van der Waals surface area (Å²) in [5.41, 5.74) is 0.714. The molecule has 1 aliphatic heterocycles. The van der Waals surface area contributed by atoms with E-state index in [0.717, 1.165) is 44.8 Å². The summed E-state index contributed by atoms with van der Waals surface area (Å²) in [7, 11) is 2.22. The molecule has 0 unspecified atom stereocenters. The van der Waals surface area contributed by atoms with Gasteiger partial charge in [-0.2, -0.15) is 0 Å². The summed E-state index contributed by atoms with van der Waals surface area (Å²) in [4.78, 5) is 2.90. The molecule has 0 bridgehead atoms. The minimum absolute atomic E-state index is 0.134. The van der Waals surface area contributed by atoms with Gasteiger partial charge in [0.2, 0.25) is 5.82 Å². The number of hydrogen-bond acceptors (Lipinski definition) is 3. The van der Waals surface area contributed by atoms with Gasteiger partial charge in [0.15, 0.2) is 6.04 Å². The highest BCUT2D eigenvalue weighted by atomic mass is 19.1. The highest BCUT2D eigenvalue weighted by molar-refractivity contribution is 5.24. The fourth-order valence-corrected chi connectivity index (χ4v) is 4.34. The molecule has 2 aliphatic rings. The first-order chi connectivity index (χ1) is 12.2. The van der Waals surface area contributed by atoms with E-state index in [2.05, 4.69) is 22.6 Å². The molecule has 2 aromatic rings. The van der Waals surface area contributed by atoms with Gasteiger partial charge >= 0.3 is 0 Å². The van der Waals surface area contributed by atoms with Crippen LogP contribution in [-0.4, -0.2) is 53.4 Å². The third-order valence-corrected chi connectivity index (χ3v) is 5.82. The Kier molecular flexibility index (Phi) is 4.76. The molecule has 1 aromatic heterocycles. The summed E-state index contributed by atoms with van der Waals surface area (Å²) in [6.45, 7) is 4.18. The van der Waals surface area contributed by atoms with E-state index < -0.39 is 0 Å². The van der Waals surface area contributed by atoms with E-state index in [4.69, 9.17) is 0 Å². The normalized spacial score (nSPS) is 26.0. The van der Waals surface area contributed by atoms with E-state index in [9.17, 15) is 4.39 Å². The zero-order chi connectivity index (χ0) is 17.2. The van der Waals surface area contributed by atoms with Crippen molar-refractivity contribution in [2.24, 2.45) is 0 Å². The Morgan fingerprint density at radius 2 is 1.84 bits per heavy atom. The second-order valence-electron chi connectivity index (χ2n) is 7.49. The molecule has 6 nitrogen and oxygen atoms in total. The first-order valence-electron chi connectivity index (χ1n) is 9.42. The molecule has 4 rings (SSSR count). The largest absolute Gasteiger partial charge is 0.328 e. The Morgan fingerprint density at radius 1 is 1.12 bits per heavy atom. The maximum absolute atomic E-state index is 14.7. The van der Waals surface area contributed by atoms with E-state index >= 15 is 0 Å². The number of halogens is 1. The van der Waals surface area contributed by atoms with Crippen molar-refractivity contribution in [1.29, 1.82) is 0 Å². The lowest BCUT2D eigenvalue weighted by Gasteiger charge is -2.33. The molecule has 2 heterocycles. The van der Waals surface area contributed by atoms with Gasteiger partial charge < -0.3 is 9.80 Å². The molecule has 25 heavy (non-hydrogen) atoms. The molecule has 1 saturated heterocycles. The van der Waals surface area contributed by atoms with E-state index in [1.807, 2.05) is 16.8 Å². The number of rotatable bonds is 4. The van der Waals surface area contributed by atoms with Crippen molar-refractivity contribution in [3.63, 3.8) is 0 Å². The Morgan fingerprint density at radius 3 is 2.56 bits per heavy atom. The molecule has 7 heteroatoms. The van der Waals surface area contributed by atoms with Crippen LogP contribution < -0.4 is 9.80 Å². The molecular weight excluding hydrogens is 319 g/mol. The molecule has 1 saturated carbocycles. The predicted molar refractivity (Wildman–Crippen MR) is 90.9 cm³/mol. The summed E-state index contributed by atoms with van der Waals surface area (Å²) in [5.74, 6) is 0.666. The summed E-state index contributed by atoms with van der Waals surface area (Å²) < 4.78 is 16.7. The van der Waals surface area contributed by atoms with Gasteiger partial charge in [0.05, 0.1) is 18.7 Å². The van der Waals surface area contributed by atoms with Crippen molar-refractivity contribution in [3.8, 4) is 0 Å². The Bertz CT molecular complexity index is 703. The van der Waals surface area contributed by atoms with E-state index in [1.165, 1.54) is 22.6 Å². The second kappa shape index (κ2) is 7.17. The summed E-state index contributed by atoms with van der Waals surface area (Å²) >= 11 is 0. The van der Waals surface area contributed by atoms with Crippen LogP contribution in [0.2, 0.25) is 0 Å². The van der Waals surface area contributed by atoms with E-state index in [-0.39, 0.29) is 11.9 Å². The lowest BCUT2D eigenvalue weighted by molar-refractivity contribution is -1.02. The number of hydrogen-bond donors (Lipinski definition) is 2. The molecular formula is C18H27FN6+2. The number of nitrogens with one attached hydrogen (secondary N) is 2. The third-order valence-electron chi connectivity index (χ3n) is 5.82. The molecule has 2 fully saturated rings. The quantitative estimate of drug-likeness (QED) is 0.780. The van der Waals surface area contributed by atoms with Gasteiger partial charge in [-0.05, 0) is 35.4 Å². The number of quaternary nitrogens is 2. The van der Waals surface area contributed by atoms with Crippen molar-refractivity contribution < 1.29 is 14.2 Å². The predicted octanol–water partition coefficient (Wildman–Crippen LogP) is -0.570. The van der Waals surface area contributed by atoms with Crippen molar-refractivity contribution in [1.82, 2.24) is 20.2 Å². The van der Waals surface area contributed by atoms with Crippen molar-refractivity contribution in [2.45, 2.75) is 37.8 Å². The Hall–Kier alpha value is -1.86. The Labute approximate surface area is 147 Å². The van der Waals surface area contributed by atoms with Gasteiger partial charge in [-0.15, -0.1) is 5.10 Å². The monoisotopic (exact) mass is 346 g/mol. The average molecular weight is 346 g/mol. The van der Waals surface area contributed by atoms with Crippen LogP contribution in [0.15, 0.2) is 24.3 Å². The van der Waals surface area contributed by atoms with Crippen LogP contribution in [0.3, 0.4) is 0 Å². The maximum Gasteiger partial charge on any atom is 0.214 e. The van der Waals surface area contributed by atoms with Crippen molar-refractivity contribution in [2.75, 3.05) is 33.2 Å². The van der Waals surface area contributed by atoms with Gasteiger partial charge in [-0.1, -0.05) is 25.0 Å². The zero-order valence-corrected chi connectivity index (χ0v) is 14.8. The molecule has 0 spiro atoms. The molecule has 1 atom stereocenters. The minimum Gasteiger partial charge on any atom is -0.328 e. The summed E-state index contributed by atoms with van der Waals surface area (Å²) in [5, 5.41) is 12.7. The highest BCUT2D eigenvalue weighted by Crippen LogP contribution is 2.31. The fraction of sp³-hybridized carbons (Fsp3) is 0.611. The zero-order valence-electron chi connectivity index (χ0n) is 14.8. The van der Waals surface area contributed by atoms with Gasteiger partial charge in [0, 0.05) is 0 Å². The van der Waals surface area contributed by atoms with Gasteiger partial charge in [-0.3, -0.25) is 0 Å². The van der Waals surface area contributed by atoms with E-state index in [1.54, 1.807) is 12.1 Å². The van der Waals surface area contributed by atoms with Gasteiger partial charge in [0.1, 0.15) is 32.0 Å². The minimum atomic E-state index is -0.160. The van der Waals surface area contributed by atoms with Crippen LogP contribution in [-0.2, 0) is 0 Å². The second-order valence-corrected chi connectivity index (χ2v) is 7.49. The van der Waals surface area contributed by atoms with Crippen LogP contribution >= 0.6 is 0 Å². The SMILES string of the molecule is C[NH+]1CC[NH+]([C@H](c2ccccc2F)c2nnnn2C2CCCC2)CC1. The lowest BCUT2D eigenvalue weighted by Crippen LogP contribution is -3.27. The molecule has 1 aliphatic carbocycles.